The van der Waals surface area contributed by atoms with E-state index in [4.69, 9.17) is 9.47 Å². The van der Waals surface area contributed by atoms with Crippen molar-refractivity contribution in [2.45, 2.75) is 30.9 Å². The maximum atomic E-state index is 6.20. The Balaban J connectivity index is 1.35. The van der Waals surface area contributed by atoms with Gasteiger partial charge < -0.3 is 19.7 Å². The Bertz CT molecular complexity index is 673. The van der Waals surface area contributed by atoms with Gasteiger partial charge in [-0.3, -0.25) is 0 Å². The molecule has 4 rings (SSSR count). The molecule has 7 nitrogen and oxygen atoms in total. The summed E-state index contributed by atoms with van der Waals surface area (Å²) in [6, 6.07) is 2.24. The fourth-order valence-corrected chi connectivity index (χ4v) is 4.12. The van der Waals surface area contributed by atoms with Crippen molar-refractivity contribution in [2.75, 3.05) is 37.0 Å². The van der Waals surface area contributed by atoms with Gasteiger partial charge in [-0.25, -0.2) is 15.0 Å². The van der Waals surface area contributed by atoms with Crippen molar-refractivity contribution in [1.29, 1.82) is 0 Å². The monoisotopic (exact) mass is 347 g/mol. The Hall–Kier alpha value is -1.93. The molecular formula is C16H21N5O2S. The van der Waals surface area contributed by atoms with Crippen LogP contribution in [0.15, 0.2) is 24.0 Å². The summed E-state index contributed by atoms with van der Waals surface area (Å²) in [5.41, 5.74) is -0.0114. The summed E-state index contributed by atoms with van der Waals surface area (Å²) >= 11 is 1.63. The van der Waals surface area contributed by atoms with Crippen LogP contribution in [0.3, 0.4) is 0 Å². The van der Waals surface area contributed by atoms with Crippen molar-refractivity contribution < 1.29 is 9.47 Å². The third-order valence-corrected chi connectivity index (χ3v) is 5.51. The van der Waals surface area contributed by atoms with Gasteiger partial charge >= 0.3 is 0 Å². The van der Waals surface area contributed by atoms with E-state index in [1.54, 1.807) is 24.8 Å². The van der Waals surface area contributed by atoms with Gasteiger partial charge in [0, 0.05) is 30.7 Å². The lowest BCUT2D eigenvalue weighted by atomic mass is 9.87. The molecule has 24 heavy (non-hydrogen) atoms. The van der Waals surface area contributed by atoms with Gasteiger partial charge in [-0.1, -0.05) is 0 Å². The van der Waals surface area contributed by atoms with Gasteiger partial charge in [-0.15, -0.1) is 11.3 Å². The van der Waals surface area contributed by atoms with Crippen LogP contribution in [-0.2, 0) is 4.74 Å². The molecule has 0 radical (unpaired) electrons. The predicted octanol–water partition coefficient (Wildman–Crippen LogP) is 2.18. The van der Waals surface area contributed by atoms with Gasteiger partial charge in [-0.05, 0) is 19.3 Å². The van der Waals surface area contributed by atoms with Crippen molar-refractivity contribution in [2.24, 2.45) is 0 Å². The van der Waals surface area contributed by atoms with Crippen molar-refractivity contribution in [3.8, 4) is 5.88 Å². The van der Waals surface area contributed by atoms with Crippen LogP contribution in [0, 0.1) is 0 Å². The van der Waals surface area contributed by atoms with Crippen LogP contribution in [0.4, 0.5) is 10.9 Å². The van der Waals surface area contributed by atoms with E-state index in [2.05, 4.69) is 25.2 Å². The molecule has 2 aliphatic rings. The molecule has 2 saturated heterocycles. The van der Waals surface area contributed by atoms with E-state index in [9.17, 15) is 0 Å². The molecule has 2 fully saturated rings. The highest BCUT2D eigenvalue weighted by molar-refractivity contribution is 7.13. The Morgan fingerprint density at radius 2 is 2.21 bits per heavy atom. The van der Waals surface area contributed by atoms with Crippen LogP contribution in [-0.4, -0.2) is 53.4 Å². The maximum Gasteiger partial charge on any atom is 0.218 e. The number of rotatable bonds is 4. The fraction of sp³-hybridized carbons (Fsp3) is 0.562. The number of thiazole rings is 1. The third-order valence-electron chi connectivity index (χ3n) is 4.80. The van der Waals surface area contributed by atoms with Crippen LogP contribution in [0.2, 0.25) is 0 Å². The molecule has 2 aromatic rings. The molecule has 2 aliphatic heterocycles. The summed E-state index contributed by atoms with van der Waals surface area (Å²) in [6.07, 6.45) is 6.43. The lowest BCUT2D eigenvalue weighted by Gasteiger charge is -2.39. The second-order valence-electron chi connectivity index (χ2n) is 6.28. The smallest absolute Gasteiger partial charge is 0.218 e. The normalized spacial score (nSPS) is 22.7. The summed E-state index contributed by atoms with van der Waals surface area (Å²) in [5.74, 6) is 1.53. The highest BCUT2D eigenvalue weighted by Gasteiger charge is 2.43. The molecule has 128 valence electrons. The first-order valence-corrected chi connectivity index (χ1v) is 9.05. The van der Waals surface area contributed by atoms with Crippen LogP contribution in [0.1, 0.15) is 19.3 Å². The van der Waals surface area contributed by atoms with E-state index < -0.39 is 0 Å². The number of nitrogens with zero attached hydrogens (tertiary/aromatic N) is 4. The van der Waals surface area contributed by atoms with Crippen molar-refractivity contribution in [1.82, 2.24) is 15.0 Å². The Kier molecular flexibility index (Phi) is 4.24. The highest BCUT2D eigenvalue weighted by Crippen LogP contribution is 2.38. The molecule has 0 bridgehead atoms. The summed E-state index contributed by atoms with van der Waals surface area (Å²) in [4.78, 5) is 15.0. The number of hydrogen-bond acceptors (Lipinski definition) is 8. The number of methoxy groups -OCH3 is 1. The van der Waals surface area contributed by atoms with Crippen LogP contribution < -0.4 is 15.0 Å². The molecule has 4 heterocycles. The third kappa shape index (κ3) is 3.16. The van der Waals surface area contributed by atoms with Gasteiger partial charge in [0.15, 0.2) is 5.13 Å². The maximum absolute atomic E-state index is 6.20. The number of ether oxygens (including phenoxy) is 2. The molecule has 1 N–H and O–H groups in total. The summed E-state index contributed by atoms with van der Waals surface area (Å²) in [5, 5.41) is 6.45. The molecule has 0 aromatic carbocycles. The molecule has 1 unspecified atom stereocenters. The number of anilines is 2. The number of hydrogen-bond donors (Lipinski definition) is 1. The molecule has 2 aromatic heterocycles. The van der Waals surface area contributed by atoms with Crippen molar-refractivity contribution in [3.63, 3.8) is 0 Å². The lowest BCUT2D eigenvalue weighted by molar-refractivity contribution is -0.0148. The second kappa shape index (κ2) is 6.52. The molecular weight excluding hydrogens is 326 g/mol. The first-order valence-electron chi connectivity index (χ1n) is 8.17. The Labute approximate surface area is 145 Å². The van der Waals surface area contributed by atoms with Gasteiger partial charge in [-0.2, -0.15) is 0 Å². The van der Waals surface area contributed by atoms with E-state index in [1.165, 1.54) is 0 Å². The molecule has 1 atom stereocenters. The first kappa shape index (κ1) is 15.6. The molecule has 8 heteroatoms. The van der Waals surface area contributed by atoms with Crippen LogP contribution >= 0.6 is 11.3 Å². The van der Waals surface area contributed by atoms with Gasteiger partial charge in [0.1, 0.15) is 12.1 Å². The summed E-state index contributed by atoms with van der Waals surface area (Å²) < 4.78 is 11.4. The summed E-state index contributed by atoms with van der Waals surface area (Å²) in [6.45, 7) is 2.62. The van der Waals surface area contributed by atoms with E-state index in [-0.39, 0.29) is 5.60 Å². The second-order valence-corrected chi connectivity index (χ2v) is 7.18. The molecule has 0 saturated carbocycles. The lowest BCUT2D eigenvalue weighted by Crippen LogP contribution is -2.44. The minimum Gasteiger partial charge on any atom is -0.481 e. The number of aromatic nitrogens is 3. The van der Waals surface area contributed by atoms with Crippen LogP contribution in [0.5, 0.6) is 5.88 Å². The minimum atomic E-state index is -0.0114. The Morgan fingerprint density at radius 3 is 2.96 bits per heavy atom. The SMILES string of the molecule is COc1cc(N2CCC3(CC2)CC(Nc2nccs2)CO3)ncn1. The van der Waals surface area contributed by atoms with Gasteiger partial charge in [0.25, 0.3) is 0 Å². The molecule has 0 amide bonds. The number of piperidine rings is 1. The zero-order valence-electron chi connectivity index (χ0n) is 13.6. The zero-order valence-corrected chi connectivity index (χ0v) is 14.5. The quantitative estimate of drug-likeness (QED) is 0.909. The fourth-order valence-electron chi connectivity index (χ4n) is 3.51. The van der Waals surface area contributed by atoms with Gasteiger partial charge in [0.05, 0.1) is 25.4 Å². The largest absolute Gasteiger partial charge is 0.481 e. The molecule has 0 aliphatic carbocycles. The standard InChI is InChI=1S/C16H21N5O2S/c1-22-14-8-13(18-11-19-14)21-5-2-16(3-6-21)9-12(10-23-16)20-15-17-4-7-24-15/h4,7-8,11-12H,2-3,5-6,9-10H2,1H3,(H,17,20). The molecule has 1 spiro atoms. The van der Waals surface area contributed by atoms with Crippen molar-refractivity contribution >= 4 is 22.3 Å². The highest BCUT2D eigenvalue weighted by atomic mass is 32.1. The van der Waals surface area contributed by atoms with E-state index >= 15 is 0 Å². The van der Waals surface area contributed by atoms with E-state index in [0.29, 0.717) is 11.9 Å². The van der Waals surface area contributed by atoms with Gasteiger partial charge in [0.2, 0.25) is 5.88 Å². The topological polar surface area (TPSA) is 72.4 Å². The van der Waals surface area contributed by atoms with E-state index in [1.807, 2.05) is 17.6 Å². The number of nitrogens with one attached hydrogen (secondary N) is 1. The first-order chi connectivity index (χ1) is 11.8. The zero-order chi connectivity index (χ0) is 16.4. The van der Waals surface area contributed by atoms with E-state index in [0.717, 1.165) is 49.9 Å². The summed E-state index contributed by atoms with van der Waals surface area (Å²) in [7, 11) is 1.62. The predicted molar refractivity (Wildman–Crippen MR) is 92.9 cm³/mol. The average molecular weight is 347 g/mol. The van der Waals surface area contributed by atoms with Crippen molar-refractivity contribution in [3.05, 3.63) is 24.0 Å². The minimum absolute atomic E-state index is 0.0114. The Morgan fingerprint density at radius 1 is 1.33 bits per heavy atom. The van der Waals surface area contributed by atoms with Crippen LogP contribution in [0.25, 0.3) is 0 Å². The average Bonchev–Trinajstić information content (AvgIpc) is 3.27.